The van der Waals surface area contributed by atoms with Crippen molar-refractivity contribution >= 4 is 32.3 Å². The van der Waals surface area contributed by atoms with Crippen LogP contribution < -0.4 is 5.32 Å². The van der Waals surface area contributed by atoms with E-state index in [0.29, 0.717) is 6.04 Å². The molecule has 0 unspecified atom stereocenters. The summed E-state index contributed by atoms with van der Waals surface area (Å²) in [6.45, 7) is 6.82. The van der Waals surface area contributed by atoms with Gasteiger partial charge >= 0.3 is 0 Å². The van der Waals surface area contributed by atoms with Crippen molar-refractivity contribution in [2.45, 2.75) is 38.6 Å². The smallest absolute Gasteiger partial charge is 0.0355 e. The monoisotopic (exact) mass is 370 g/mol. The zero-order valence-corrected chi connectivity index (χ0v) is 16.9. The third-order valence-electron chi connectivity index (χ3n) is 6.59. The highest BCUT2D eigenvalue weighted by atomic mass is 15.2. The topological polar surface area (TPSA) is 15.3 Å². The van der Waals surface area contributed by atoms with Gasteiger partial charge in [0.2, 0.25) is 0 Å². The summed E-state index contributed by atoms with van der Waals surface area (Å²) in [5.74, 6) is 0. The van der Waals surface area contributed by atoms with Crippen LogP contribution in [0.4, 0.5) is 0 Å². The van der Waals surface area contributed by atoms with E-state index in [1.165, 1.54) is 63.6 Å². The molecular weight excluding hydrogens is 340 g/mol. The number of nitrogens with zero attached hydrogens (tertiary/aromatic N) is 1. The lowest BCUT2D eigenvalue weighted by Gasteiger charge is -2.36. The van der Waals surface area contributed by atoms with Crippen molar-refractivity contribution in [2.75, 3.05) is 26.2 Å². The molecule has 1 aliphatic heterocycles. The van der Waals surface area contributed by atoms with E-state index >= 15 is 0 Å². The number of benzene rings is 4. The molecule has 0 radical (unpaired) electrons. The third-order valence-corrected chi connectivity index (χ3v) is 6.59. The summed E-state index contributed by atoms with van der Waals surface area (Å²) in [5, 5.41) is 12.0. The van der Waals surface area contributed by atoms with Crippen LogP contribution in [0.15, 0.2) is 54.6 Å². The first kappa shape index (κ1) is 17.9. The minimum atomic E-state index is 0.526. The average Bonchev–Trinajstić information content (AvgIpc) is 2.76. The van der Waals surface area contributed by atoms with Gasteiger partial charge in [0, 0.05) is 32.2 Å². The second-order valence-electron chi connectivity index (χ2n) is 8.31. The summed E-state index contributed by atoms with van der Waals surface area (Å²) in [6, 6.07) is 21.3. The third kappa shape index (κ3) is 3.05. The molecular formula is C26H30N2. The van der Waals surface area contributed by atoms with Crippen molar-refractivity contribution < 1.29 is 0 Å². The molecule has 1 aliphatic rings. The highest BCUT2D eigenvalue weighted by molar-refractivity contribution is 6.23. The van der Waals surface area contributed by atoms with Crippen LogP contribution in [0.3, 0.4) is 0 Å². The molecule has 1 fully saturated rings. The summed E-state index contributed by atoms with van der Waals surface area (Å²) in [5.41, 5.74) is 1.53. The summed E-state index contributed by atoms with van der Waals surface area (Å²) >= 11 is 0. The molecule has 5 rings (SSSR count). The van der Waals surface area contributed by atoms with E-state index in [-0.39, 0.29) is 0 Å². The molecule has 4 aromatic rings. The van der Waals surface area contributed by atoms with E-state index in [1.807, 2.05) is 0 Å². The highest BCUT2D eigenvalue weighted by Crippen LogP contribution is 2.40. The molecule has 0 aliphatic carbocycles. The zero-order valence-electron chi connectivity index (χ0n) is 16.9. The lowest BCUT2D eigenvalue weighted by Crippen LogP contribution is -2.45. The maximum Gasteiger partial charge on any atom is 0.0355 e. The van der Waals surface area contributed by atoms with Gasteiger partial charge in [-0.15, -0.1) is 0 Å². The molecule has 0 aromatic heterocycles. The van der Waals surface area contributed by atoms with E-state index in [1.54, 1.807) is 0 Å². The van der Waals surface area contributed by atoms with Gasteiger partial charge in [-0.2, -0.15) is 0 Å². The Morgan fingerprint density at radius 1 is 0.821 bits per heavy atom. The predicted molar refractivity (Wildman–Crippen MR) is 121 cm³/mol. The van der Waals surface area contributed by atoms with E-state index in [4.69, 9.17) is 0 Å². The van der Waals surface area contributed by atoms with E-state index in [2.05, 4.69) is 71.7 Å². The Morgan fingerprint density at radius 3 is 2.25 bits per heavy atom. The van der Waals surface area contributed by atoms with Crippen molar-refractivity contribution in [3.05, 3.63) is 60.2 Å². The van der Waals surface area contributed by atoms with Crippen LogP contribution in [0.5, 0.6) is 0 Å². The summed E-state index contributed by atoms with van der Waals surface area (Å²) < 4.78 is 0. The zero-order chi connectivity index (χ0) is 18.9. The molecule has 0 spiro atoms. The molecule has 0 saturated carbocycles. The number of hydrogen-bond acceptors (Lipinski definition) is 2. The lowest BCUT2D eigenvalue weighted by molar-refractivity contribution is 0.164. The molecule has 2 nitrogen and oxygen atoms in total. The fraction of sp³-hybridized carbons (Fsp3) is 0.385. The number of nitrogens with one attached hydrogen (secondary N) is 1. The summed E-state index contributed by atoms with van der Waals surface area (Å²) in [6.07, 6.45) is 5.19. The maximum absolute atomic E-state index is 3.52. The predicted octanol–water partition coefficient (Wildman–Crippen LogP) is 6.11. The molecule has 0 amide bonds. The molecule has 28 heavy (non-hydrogen) atoms. The SMILES string of the molecule is CCCCC[C@H](c1ccc2ccc3cccc4ccc1c2c34)N1CCNCC1. The van der Waals surface area contributed by atoms with Gasteiger partial charge in [-0.1, -0.05) is 80.8 Å². The van der Waals surface area contributed by atoms with E-state index in [0.717, 1.165) is 26.2 Å². The van der Waals surface area contributed by atoms with E-state index in [9.17, 15) is 0 Å². The minimum absolute atomic E-state index is 0.526. The Labute approximate surface area is 167 Å². The number of rotatable bonds is 6. The summed E-state index contributed by atoms with van der Waals surface area (Å²) in [4.78, 5) is 2.72. The van der Waals surface area contributed by atoms with Crippen molar-refractivity contribution in [3.63, 3.8) is 0 Å². The number of hydrogen-bond donors (Lipinski definition) is 1. The first-order chi connectivity index (χ1) is 13.9. The van der Waals surface area contributed by atoms with Gasteiger partial charge in [0.25, 0.3) is 0 Å². The minimum Gasteiger partial charge on any atom is -0.314 e. The summed E-state index contributed by atoms with van der Waals surface area (Å²) in [7, 11) is 0. The average molecular weight is 371 g/mol. The first-order valence-corrected chi connectivity index (χ1v) is 11.0. The molecule has 1 saturated heterocycles. The molecule has 1 heterocycles. The van der Waals surface area contributed by atoms with Gasteiger partial charge < -0.3 is 5.32 Å². The maximum atomic E-state index is 3.52. The van der Waals surface area contributed by atoms with E-state index < -0.39 is 0 Å². The van der Waals surface area contributed by atoms with Crippen LogP contribution in [-0.2, 0) is 0 Å². The molecule has 144 valence electrons. The van der Waals surface area contributed by atoms with Gasteiger partial charge in [-0.3, -0.25) is 4.90 Å². The fourth-order valence-electron chi connectivity index (χ4n) is 5.16. The van der Waals surface area contributed by atoms with Gasteiger partial charge in [-0.25, -0.2) is 0 Å². The lowest BCUT2D eigenvalue weighted by atomic mass is 9.88. The van der Waals surface area contributed by atoms with Gasteiger partial charge in [0.05, 0.1) is 0 Å². The normalized spacial score (nSPS) is 17.0. The van der Waals surface area contributed by atoms with Crippen molar-refractivity contribution in [3.8, 4) is 0 Å². The number of unbranched alkanes of at least 4 members (excludes halogenated alkanes) is 2. The largest absolute Gasteiger partial charge is 0.314 e. The van der Waals surface area contributed by atoms with Crippen LogP contribution in [-0.4, -0.2) is 31.1 Å². The highest BCUT2D eigenvalue weighted by Gasteiger charge is 2.24. The molecule has 1 N–H and O–H groups in total. The second kappa shape index (κ2) is 7.69. The Kier molecular flexibility index (Phi) is 4.92. The van der Waals surface area contributed by atoms with Crippen LogP contribution in [0.1, 0.15) is 44.2 Å². The first-order valence-electron chi connectivity index (χ1n) is 11.0. The molecule has 2 heteroatoms. The van der Waals surface area contributed by atoms with Crippen LogP contribution in [0.2, 0.25) is 0 Å². The Hall–Kier alpha value is -2.16. The molecule has 0 bridgehead atoms. The van der Waals surface area contributed by atoms with Crippen LogP contribution in [0, 0.1) is 0 Å². The number of piperazine rings is 1. The van der Waals surface area contributed by atoms with Crippen molar-refractivity contribution in [1.29, 1.82) is 0 Å². The molecule has 4 aromatic carbocycles. The Balaban J connectivity index is 1.68. The quantitative estimate of drug-likeness (QED) is 0.325. The Morgan fingerprint density at radius 2 is 1.50 bits per heavy atom. The van der Waals surface area contributed by atoms with Gasteiger partial charge in [0.1, 0.15) is 0 Å². The van der Waals surface area contributed by atoms with Crippen molar-refractivity contribution in [1.82, 2.24) is 10.2 Å². The van der Waals surface area contributed by atoms with Crippen molar-refractivity contribution in [2.24, 2.45) is 0 Å². The second-order valence-corrected chi connectivity index (χ2v) is 8.31. The Bertz CT molecular complexity index is 1060. The fourth-order valence-corrected chi connectivity index (χ4v) is 5.16. The van der Waals surface area contributed by atoms with Gasteiger partial charge in [-0.05, 0) is 44.3 Å². The standard InChI is InChI=1S/C26H30N2/c1-2-3-4-8-24(28-17-15-27-16-18-28)22-13-11-21-10-9-19-6-5-7-20-12-14-23(22)26(21)25(19)20/h5-7,9-14,24,27H,2-4,8,15-18H2,1H3/t24-/m1/s1. The van der Waals surface area contributed by atoms with Crippen LogP contribution in [0.25, 0.3) is 32.3 Å². The molecule has 1 atom stereocenters. The van der Waals surface area contributed by atoms with Crippen LogP contribution >= 0.6 is 0 Å². The van der Waals surface area contributed by atoms with Gasteiger partial charge in [0.15, 0.2) is 0 Å².